The Balaban J connectivity index is 0.000000163. The molecule has 0 aliphatic heterocycles. The lowest BCUT2D eigenvalue weighted by Gasteiger charge is -2.11. The molecule has 0 saturated heterocycles. The van der Waals surface area contributed by atoms with Crippen LogP contribution in [0.2, 0.25) is 0 Å². The summed E-state index contributed by atoms with van der Waals surface area (Å²) >= 11 is 2.41. The number of pyridine rings is 2. The molecule has 0 spiro atoms. The number of ketones is 1. The highest BCUT2D eigenvalue weighted by molar-refractivity contribution is 14.1. The van der Waals surface area contributed by atoms with Gasteiger partial charge in [-0.2, -0.15) is 0 Å². The van der Waals surface area contributed by atoms with Crippen LogP contribution in [0.4, 0.5) is 0 Å². The molecule has 0 bridgehead atoms. The van der Waals surface area contributed by atoms with Gasteiger partial charge < -0.3 is 14.5 Å². The summed E-state index contributed by atoms with van der Waals surface area (Å²) in [7, 11) is 0. The van der Waals surface area contributed by atoms with Crippen LogP contribution in [-0.2, 0) is 15.6 Å². The fourth-order valence-electron chi connectivity index (χ4n) is 6.99. The van der Waals surface area contributed by atoms with E-state index in [1.165, 1.54) is 33.3 Å². The van der Waals surface area contributed by atoms with Crippen molar-refractivity contribution in [2.45, 2.75) is 38.5 Å². The van der Waals surface area contributed by atoms with E-state index in [4.69, 9.17) is 5.73 Å². The van der Waals surface area contributed by atoms with Crippen LogP contribution in [0, 0.1) is 27.7 Å². The summed E-state index contributed by atoms with van der Waals surface area (Å²) in [4.78, 5) is 24.3. The first-order chi connectivity index (χ1) is 26.2. The number of hydrogen-bond donors (Lipinski definition) is 1. The topological polar surface area (TPSA) is 69.0 Å². The van der Waals surface area contributed by atoms with Crippen LogP contribution in [0.1, 0.15) is 49.4 Å². The van der Waals surface area contributed by atoms with E-state index >= 15 is 0 Å². The Morgan fingerprint density at radius 3 is 1.76 bits per heavy atom. The molecule has 8 aromatic rings. The molecule has 54 heavy (non-hydrogen) atoms. The summed E-state index contributed by atoms with van der Waals surface area (Å²) < 4.78 is 5.23. The summed E-state index contributed by atoms with van der Waals surface area (Å²) in [6, 6.07) is 47.9. The van der Waals surface area contributed by atoms with Crippen molar-refractivity contribution in [2.24, 2.45) is 5.73 Å². The van der Waals surface area contributed by atoms with Gasteiger partial charge in [0.2, 0.25) is 0 Å². The number of aromatic nitrogens is 2. The molecule has 270 valence electrons. The molecular weight excluding hydrogens is 777 g/mol. The second kappa shape index (κ2) is 17.4. The highest BCUT2D eigenvalue weighted by Gasteiger charge is 2.25. The zero-order valence-corrected chi connectivity index (χ0v) is 33.2. The van der Waals surface area contributed by atoms with Gasteiger partial charge in [-0.15, -0.1) is 0 Å². The minimum Gasteiger partial charge on any atom is -0.363 e. The standard InChI is InChI=1S/C25H22N2O2.C13H11I.C10H11N/c1-16-9-8-14-27-21(17(2)22(23(16)27)24(28)25(26)29)15-19-12-6-7-13-20(19)18-10-4-3-5-11-18;14-10-12-8-4-5-9-13(12)11-6-2-1-3-7-11;1-8-6-10-9(2)4-3-5-11(10)7-8/h3-14H,15H2,1-2H3,(H2,26,29);1-9H,10H2;3-7H,1-2H3. The first-order valence-corrected chi connectivity index (χ1v) is 19.5. The Bertz CT molecular complexity index is 2550. The fourth-order valence-corrected chi connectivity index (χ4v) is 7.66. The van der Waals surface area contributed by atoms with Crippen molar-refractivity contribution < 1.29 is 9.59 Å². The average Bonchev–Trinajstić information content (AvgIpc) is 3.73. The van der Waals surface area contributed by atoms with Crippen molar-refractivity contribution in [2.75, 3.05) is 0 Å². The maximum atomic E-state index is 12.6. The van der Waals surface area contributed by atoms with Gasteiger partial charge in [-0.1, -0.05) is 144 Å². The number of benzene rings is 4. The maximum Gasteiger partial charge on any atom is 0.289 e. The molecule has 0 aliphatic carbocycles. The quantitative estimate of drug-likeness (QED) is 0.0753. The number of amides is 1. The van der Waals surface area contributed by atoms with Crippen molar-refractivity contribution in [3.8, 4) is 22.3 Å². The molecule has 2 N–H and O–H groups in total. The van der Waals surface area contributed by atoms with Gasteiger partial charge in [0.25, 0.3) is 11.7 Å². The van der Waals surface area contributed by atoms with Crippen molar-refractivity contribution in [3.05, 3.63) is 203 Å². The number of alkyl halides is 1. The third kappa shape index (κ3) is 8.40. The van der Waals surface area contributed by atoms with Gasteiger partial charge in [0.1, 0.15) is 0 Å². The van der Waals surface area contributed by atoms with Gasteiger partial charge in [-0.05, 0) is 102 Å². The molecular formula is C48H44IN3O2. The van der Waals surface area contributed by atoms with Crippen LogP contribution in [-0.4, -0.2) is 20.5 Å². The zero-order chi connectivity index (χ0) is 38.2. The molecule has 6 heteroatoms. The molecule has 0 aliphatic rings. The molecule has 4 aromatic heterocycles. The van der Waals surface area contributed by atoms with Crippen molar-refractivity contribution in [1.82, 2.24) is 8.80 Å². The van der Waals surface area contributed by atoms with Gasteiger partial charge in [0.05, 0.1) is 11.1 Å². The molecule has 4 aromatic carbocycles. The summed E-state index contributed by atoms with van der Waals surface area (Å²) in [6.45, 7) is 8.08. The predicted octanol–water partition coefficient (Wildman–Crippen LogP) is 11.3. The van der Waals surface area contributed by atoms with E-state index in [0.29, 0.717) is 12.0 Å². The number of nitrogens with two attached hydrogens (primary N) is 1. The summed E-state index contributed by atoms with van der Waals surface area (Å²) in [5, 5.41) is 0. The molecule has 0 fully saturated rings. The molecule has 0 radical (unpaired) electrons. The first-order valence-electron chi connectivity index (χ1n) is 18.0. The van der Waals surface area contributed by atoms with E-state index in [-0.39, 0.29) is 0 Å². The third-order valence-electron chi connectivity index (χ3n) is 9.67. The Morgan fingerprint density at radius 2 is 1.17 bits per heavy atom. The van der Waals surface area contributed by atoms with Crippen LogP contribution in [0.25, 0.3) is 33.3 Å². The number of Topliss-reactive ketones (excluding diaryl/α,β-unsaturated/α-hetero) is 1. The Morgan fingerprint density at radius 1 is 0.630 bits per heavy atom. The molecule has 5 nitrogen and oxygen atoms in total. The zero-order valence-electron chi connectivity index (χ0n) is 31.1. The third-order valence-corrected chi connectivity index (χ3v) is 10.5. The SMILES string of the molecule is Cc1c(C(=O)C(N)=O)c2c(C)cccn2c1Cc1ccccc1-c1ccccc1.Cc1cc2c(C)cccn2c1.ICc1ccccc1-c1ccccc1. The number of carbonyl (C=O) groups excluding carboxylic acids is 2. The number of carbonyl (C=O) groups is 2. The molecule has 1 amide bonds. The molecule has 0 unspecified atom stereocenters. The number of primary amides is 1. The summed E-state index contributed by atoms with van der Waals surface area (Å²) in [6.07, 6.45) is 6.79. The van der Waals surface area contributed by atoms with E-state index in [2.05, 4.69) is 150 Å². The van der Waals surface area contributed by atoms with Gasteiger partial charge in [-0.3, -0.25) is 9.59 Å². The number of hydrogen-bond acceptors (Lipinski definition) is 2. The number of nitrogens with zero attached hydrogens (tertiary/aromatic N) is 2. The maximum absolute atomic E-state index is 12.6. The minimum atomic E-state index is -0.930. The van der Waals surface area contributed by atoms with E-state index in [1.807, 2.05) is 66.9 Å². The van der Waals surface area contributed by atoms with Crippen LogP contribution in [0.15, 0.2) is 158 Å². The van der Waals surface area contributed by atoms with Crippen LogP contribution >= 0.6 is 22.6 Å². The number of aryl methyl sites for hydroxylation is 3. The van der Waals surface area contributed by atoms with Crippen LogP contribution < -0.4 is 5.73 Å². The minimum absolute atomic E-state index is 0.405. The lowest BCUT2D eigenvalue weighted by atomic mass is 9.95. The molecule has 0 saturated carbocycles. The predicted molar refractivity (Wildman–Crippen MR) is 232 cm³/mol. The lowest BCUT2D eigenvalue weighted by Crippen LogP contribution is -2.23. The second-order valence-electron chi connectivity index (χ2n) is 13.4. The van der Waals surface area contributed by atoms with Gasteiger partial charge in [0.15, 0.2) is 0 Å². The molecule has 8 rings (SSSR count). The Hall–Kier alpha value is -5.73. The van der Waals surface area contributed by atoms with E-state index in [1.54, 1.807) is 0 Å². The summed E-state index contributed by atoms with van der Waals surface area (Å²) in [5.74, 6) is -1.57. The van der Waals surface area contributed by atoms with Crippen molar-refractivity contribution in [3.63, 3.8) is 0 Å². The Kier molecular flexibility index (Phi) is 12.2. The van der Waals surface area contributed by atoms with E-state index in [0.717, 1.165) is 43.5 Å². The Labute approximate surface area is 331 Å². The van der Waals surface area contributed by atoms with Crippen LogP contribution in [0.5, 0.6) is 0 Å². The van der Waals surface area contributed by atoms with Crippen LogP contribution in [0.3, 0.4) is 0 Å². The monoisotopic (exact) mass is 821 g/mol. The van der Waals surface area contributed by atoms with Gasteiger partial charge in [0, 0.05) is 40.6 Å². The number of halogens is 1. The highest BCUT2D eigenvalue weighted by Crippen LogP contribution is 2.31. The first kappa shape index (κ1) is 38.0. The normalized spacial score (nSPS) is 10.7. The highest BCUT2D eigenvalue weighted by atomic mass is 127. The van der Waals surface area contributed by atoms with Gasteiger partial charge >= 0.3 is 0 Å². The van der Waals surface area contributed by atoms with E-state index in [9.17, 15) is 9.59 Å². The summed E-state index contributed by atoms with van der Waals surface area (Å²) in [5.41, 5.74) is 20.7. The van der Waals surface area contributed by atoms with Crippen molar-refractivity contribution >= 4 is 45.3 Å². The van der Waals surface area contributed by atoms with E-state index < -0.39 is 11.7 Å². The lowest BCUT2D eigenvalue weighted by molar-refractivity contribution is -0.114. The van der Waals surface area contributed by atoms with Crippen molar-refractivity contribution in [1.29, 1.82) is 0 Å². The largest absolute Gasteiger partial charge is 0.363 e. The average molecular weight is 822 g/mol. The smallest absolute Gasteiger partial charge is 0.289 e. The second-order valence-corrected chi connectivity index (χ2v) is 14.2. The van der Waals surface area contributed by atoms with Gasteiger partial charge in [-0.25, -0.2) is 0 Å². The molecule has 0 atom stereocenters. The molecule has 4 heterocycles. The fraction of sp³-hybridized carbons (Fsp3) is 0.125. The number of rotatable bonds is 7. The number of fused-ring (bicyclic) bond motifs is 2.